The lowest BCUT2D eigenvalue weighted by molar-refractivity contribution is 0.183. The lowest BCUT2D eigenvalue weighted by Gasteiger charge is -2.32. The van der Waals surface area contributed by atoms with E-state index in [-0.39, 0.29) is 0 Å². The van der Waals surface area contributed by atoms with E-state index in [9.17, 15) is 0 Å². The molecule has 0 spiro atoms. The molecule has 1 atom stereocenters. The number of hydrogen-bond acceptors (Lipinski definition) is 5. The fraction of sp³-hybridized carbons (Fsp3) is 0.667. The van der Waals surface area contributed by atoms with Crippen LogP contribution >= 0.6 is 0 Å². The second-order valence-electron chi connectivity index (χ2n) is 4.38. The Morgan fingerprint density at radius 3 is 3.06 bits per heavy atom. The summed E-state index contributed by atoms with van der Waals surface area (Å²) in [6.45, 7) is 3.00. The van der Waals surface area contributed by atoms with E-state index in [2.05, 4.69) is 20.2 Å². The van der Waals surface area contributed by atoms with Crippen LogP contribution in [0.25, 0.3) is 0 Å². The third-order valence-corrected chi connectivity index (χ3v) is 3.22. The van der Waals surface area contributed by atoms with E-state index in [1.54, 1.807) is 19.5 Å². The molecule has 0 saturated carbocycles. The smallest absolute Gasteiger partial charge is 0.236 e. The van der Waals surface area contributed by atoms with E-state index in [1.807, 2.05) is 7.05 Å². The standard InChI is InChI=1S/C12H20N4O/c1-13-10-4-3-7-16(8-10)9-11-12(17-2)15-6-5-14-11/h5-6,10,13H,3-4,7-9H2,1-2H3. The Morgan fingerprint density at radius 2 is 2.29 bits per heavy atom. The Kier molecular flexibility index (Phi) is 4.28. The first-order chi connectivity index (χ1) is 8.33. The molecule has 2 heterocycles. The molecule has 17 heavy (non-hydrogen) atoms. The van der Waals surface area contributed by atoms with Crippen LogP contribution < -0.4 is 10.1 Å². The van der Waals surface area contributed by atoms with Gasteiger partial charge in [-0.15, -0.1) is 0 Å². The summed E-state index contributed by atoms with van der Waals surface area (Å²) in [4.78, 5) is 10.9. The number of hydrogen-bond donors (Lipinski definition) is 1. The van der Waals surface area contributed by atoms with Gasteiger partial charge in [-0.3, -0.25) is 9.88 Å². The van der Waals surface area contributed by atoms with Crippen LogP contribution in [0.15, 0.2) is 12.4 Å². The average molecular weight is 236 g/mol. The van der Waals surface area contributed by atoms with Gasteiger partial charge in [0.1, 0.15) is 5.69 Å². The molecule has 1 N–H and O–H groups in total. The van der Waals surface area contributed by atoms with Crippen LogP contribution in [0.1, 0.15) is 18.5 Å². The van der Waals surface area contributed by atoms with Gasteiger partial charge in [-0.1, -0.05) is 0 Å². The summed E-state index contributed by atoms with van der Waals surface area (Å²) in [5, 5.41) is 3.34. The molecule has 1 aromatic rings. The van der Waals surface area contributed by atoms with E-state index in [0.717, 1.165) is 25.3 Å². The molecule has 0 aromatic carbocycles. The third kappa shape index (κ3) is 3.14. The Hall–Kier alpha value is -1.20. The van der Waals surface area contributed by atoms with E-state index >= 15 is 0 Å². The van der Waals surface area contributed by atoms with Crippen LogP contribution in [-0.2, 0) is 6.54 Å². The molecule has 5 heteroatoms. The van der Waals surface area contributed by atoms with Crippen LogP contribution in [-0.4, -0.2) is 48.2 Å². The fourth-order valence-electron chi connectivity index (χ4n) is 2.28. The lowest BCUT2D eigenvalue weighted by Crippen LogP contribution is -2.44. The van der Waals surface area contributed by atoms with Crippen molar-refractivity contribution in [2.24, 2.45) is 0 Å². The minimum atomic E-state index is 0.589. The Balaban J connectivity index is 2.00. The lowest BCUT2D eigenvalue weighted by atomic mass is 10.1. The predicted octanol–water partition coefficient (Wildman–Crippen LogP) is 0.669. The van der Waals surface area contributed by atoms with Crippen molar-refractivity contribution in [2.75, 3.05) is 27.2 Å². The number of likely N-dealkylation sites (tertiary alicyclic amines) is 1. The van der Waals surface area contributed by atoms with Gasteiger partial charge in [0.15, 0.2) is 0 Å². The molecule has 0 bridgehead atoms. The summed E-state index contributed by atoms with van der Waals surface area (Å²) >= 11 is 0. The quantitative estimate of drug-likeness (QED) is 0.832. The molecular formula is C12H20N4O. The van der Waals surface area contributed by atoms with Crippen molar-refractivity contribution in [1.29, 1.82) is 0 Å². The molecule has 2 rings (SSSR count). The van der Waals surface area contributed by atoms with Gasteiger partial charge in [-0.25, -0.2) is 4.98 Å². The largest absolute Gasteiger partial charge is 0.480 e. The molecule has 0 amide bonds. The summed E-state index contributed by atoms with van der Waals surface area (Å²) in [7, 11) is 3.66. The van der Waals surface area contributed by atoms with Gasteiger partial charge in [-0.2, -0.15) is 0 Å². The Bertz CT molecular complexity index is 358. The first-order valence-electron chi connectivity index (χ1n) is 6.07. The van der Waals surface area contributed by atoms with Crippen molar-refractivity contribution >= 4 is 0 Å². The number of likely N-dealkylation sites (N-methyl/N-ethyl adjacent to an activating group) is 1. The van der Waals surface area contributed by atoms with E-state index in [0.29, 0.717) is 11.9 Å². The van der Waals surface area contributed by atoms with Crippen molar-refractivity contribution in [2.45, 2.75) is 25.4 Å². The van der Waals surface area contributed by atoms with Crippen LogP contribution in [0.3, 0.4) is 0 Å². The molecule has 1 aliphatic heterocycles. The maximum Gasteiger partial charge on any atom is 0.236 e. The Labute approximate surface area is 102 Å². The maximum atomic E-state index is 5.22. The molecule has 1 aromatic heterocycles. The van der Waals surface area contributed by atoms with E-state index < -0.39 is 0 Å². The predicted molar refractivity (Wildman–Crippen MR) is 65.9 cm³/mol. The van der Waals surface area contributed by atoms with Gasteiger partial charge < -0.3 is 10.1 Å². The Morgan fingerprint density at radius 1 is 1.47 bits per heavy atom. The van der Waals surface area contributed by atoms with Crippen LogP contribution in [0.5, 0.6) is 5.88 Å². The average Bonchev–Trinajstić information content (AvgIpc) is 2.39. The first kappa shape index (κ1) is 12.3. The molecule has 1 fully saturated rings. The van der Waals surface area contributed by atoms with Crippen molar-refractivity contribution in [3.8, 4) is 5.88 Å². The van der Waals surface area contributed by atoms with Crippen LogP contribution in [0, 0.1) is 0 Å². The molecule has 1 saturated heterocycles. The van der Waals surface area contributed by atoms with Gasteiger partial charge in [-0.05, 0) is 26.4 Å². The highest BCUT2D eigenvalue weighted by atomic mass is 16.5. The summed E-state index contributed by atoms with van der Waals surface area (Å²) in [5.74, 6) is 0.638. The van der Waals surface area contributed by atoms with Crippen molar-refractivity contribution in [3.05, 3.63) is 18.1 Å². The summed E-state index contributed by atoms with van der Waals surface area (Å²) < 4.78 is 5.22. The molecular weight excluding hydrogens is 216 g/mol. The molecule has 1 unspecified atom stereocenters. The number of methoxy groups -OCH3 is 1. The second kappa shape index (κ2) is 5.93. The third-order valence-electron chi connectivity index (χ3n) is 3.22. The number of rotatable bonds is 4. The normalized spacial score (nSPS) is 21.4. The molecule has 0 radical (unpaired) electrons. The fourth-order valence-corrected chi connectivity index (χ4v) is 2.28. The highest BCUT2D eigenvalue weighted by Crippen LogP contribution is 2.17. The van der Waals surface area contributed by atoms with Gasteiger partial charge in [0.05, 0.1) is 7.11 Å². The van der Waals surface area contributed by atoms with Gasteiger partial charge in [0, 0.05) is 31.5 Å². The van der Waals surface area contributed by atoms with Crippen molar-refractivity contribution < 1.29 is 4.74 Å². The number of piperidine rings is 1. The zero-order valence-corrected chi connectivity index (χ0v) is 10.5. The van der Waals surface area contributed by atoms with E-state index in [1.165, 1.54) is 12.8 Å². The number of ether oxygens (including phenoxy) is 1. The number of aromatic nitrogens is 2. The first-order valence-corrected chi connectivity index (χ1v) is 6.07. The minimum Gasteiger partial charge on any atom is -0.480 e. The monoisotopic (exact) mass is 236 g/mol. The van der Waals surface area contributed by atoms with Gasteiger partial charge in [0.2, 0.25) is 5.88 Å². The zero-order chi connectivity index (χ0) is 12.1. The maximum absolute atomic E-state index is 5.22. The summed E-state index contributed by atoms with van der Waals surface area (Å²) in [5.41, 5.74) is 0.923. The topological polar surface area (TPSA) is 50.3 Å². The highest BCUT2D eigenvalue weighted by Gasteiger charge is 2.20. The second-order valence-corrected chi connectivity index (χ2v) is 4.38. The SMILES string of the molecule is CNC1CCCN(Cc2nccnc2OC)C1. The zero-order valence-electron chi connectivity index (χ0n) is 10.5. The number of nitrogens with one attached hydrogen (secondary N) is 1. The highest BCUT2D eigenvalue weighted by molar-refractivity contribution is 5.17. The van der Waals surface area contributed by atoms with Crippen LogP contribution in [0.4, 0.5) is 0 Å². The van der Waals surface area contributed by atoms with Gasteiger partial charge >= 0.3 is 0 Å². The molecule has 94 valence electrons. The minimum absolute atomic E-state index is 0.589. The van der Waals surface area contributed by atoms with Crippen molar-refractivity contribution in [3.63, 3.8) is 0 Å². The molecule has 0 aliphatic carbocycles. The van der Waals surface area contributed by atoms with Gasteiger partial charge in [0.25, 0.3) is 0 Å². The molecule has 1 aliphatic rings. The van der Waals surface area contributed by atoms with Crippen LogP contribution in [0.2, 0.25) is 0 Å². The number of nitrogens with zero attached hydrogens (tertiary/aromatic N) is 3. The van der Waals surface area contributed by atoms with Crippen molar-refractivity contribution in [1.82, 2.24) is 20.2 Å². The van der Waals surface area contributed by atoms with E-state index in [4.69, 9.17) is 4.74 Å². The molecule has 5 nitrogen and oxygen atoms in total. The summed E-state index contributed by atoms with van der Waals surface area (Å²) in [6, 6.07) is 0.589. The summed E-state index contributed by atoms with van der Waals surface area (Å²) in [6.07, 6.45) is 5.87.